The van der Waals surface area contributed by atoms with Gasteiger partial charge in [0, 0.05) is 41.9 Å². The highest BCUT2D eigenvalue weighted by Gasteiger charge is 2.18. The number of unbranched alkanes of at least 4 members (excludes halogenated alkanes) is 2. The summed E-state index contributed by atoms with van der Waals surface area (Å²) in [4.78, 5) is 0. The van der Waals surface area contributed by atoms with E-state index >= 15 is 0 Å². The molecule has 0 fully saturated rings. The first kappa shape index (κ1) is 31.2. The summed E-state index contributed by atoms with van der Waals surface area (Å²) >= 11 is 7.45. The minimum Gasteiger partial charge on any atom is -0.309 e. The van der Waals surface area contributed by atoms with Crippen LogP contribution < -0.4 is 0 Å². The van der Waals surface area contributed by atoms with E-state index < -0.39 is 0 Å². The number of aromatic nitrogens is 2. The van der Waals surface area contributed by atoms with Crippen LogP contribution in [0.2, 0.25) is 0 Å². The SMILES string of the molecule is CCCCc1cccc2c3cc(Br)ccc3n(-c3ccc(-c4ccc(-n5c6ccc(Br)cc6c6cccc(CCCC)c65)cc4)cc3)c12. The van der Waals surface area contributed by atoms with E-state index in [2.05, 4.69) is 176 Å². The zero-order valence-corrected chi connectivity index (χ0v) is 30.6. The highest BCUT2D eigenvalue weighted by molar-refractivity contribution is 9.10. The summed E-state index contributed by atoms with van der Waals surface area (Å²) in [5, 5.41) is 5.20. The zero-order chi connectivity index (χ0) is 32.8. The molecule has 4 heteroatoms. The van der Waals surface area contributed by atoms with Crippen molar-refractivity contribution in [2.75, 3.05) is 0 Å². The molecule has 8 aromatic rings. The lowest BCUT2D eigenvalue weighted by molar-refractivity contribution is 0.797. The van der Waals surface area contributed by atoms with Crippen molar-refractivity contribution in [1.82, 2.24) is 9.13 Å². The number of nitrogens with zero attached hydrogens (tertiary/aromatic N) is 2. The van der Waals surface area contributed by atoms with Gasteiger partial charge in [0.1, 0.15) is 0 Å². The maximum atomic E-state index is 3.72. The van der Waals surface area contributed by atoms with Crippen LogP contribution in [0.3, 0.4) is 0 Å². The first-order chi connectivity index (χ1) is 23.6. The summed E-state index contributed by atoms with van der Waals surface area (Å²) in [5.41, 5.74) is 12.8. The Hall–Kier alpha value is -4.12. The molecule has 238 valence electrons. The van der Waals surface area contributed by atoms with E-state index in [9.17, 15) is 0 Å². The summed E-state index contributed by atoms with van der Waals surface area (Å²) in [6.07, 6.45) is 6.91. The number of hydrogen-bond acceptors (Lipinski definition) is 0. The van der Waals surface area contributed by atoms with E-state index in [4.69, 9.17) is 0 Å². The fourth-order valence-corrected chi connectivity index (χ4v) is 8.23. The van der Waals surface area contributed by atoms with E-state index in [1.807, 2.05) is 0 Å². The second kappa shape index (κ2) is 13.1. The van der Waals surface area contributed by atoms with Crippen molar-refractivity contribution in [3.05, 3.63) is 141 Å². The van der Waals surface area contributed by atoms with Crippen molar-refractivity contribution in [2.24, 2.45) is 0 Å². The van der Waals surface area contributed by atoms with Crippen LogP contribution in [-0.2, 0) is 12.8 Å². The summed E-state index contributed by atoms with van der Waals surface area (Å²) in [6.45, 7) is 4.54. The van der Waals surface area contributed by atoms with E-state index in [1.54, 1.807) is 0 Å². The van der Waals surface area contributed by atoms with Gasteiger partial charge in [-0.25, -0.2) is 0 Å². The van der Waals surface area contributed by atoms with Gasteiger partial charge in [-0.05, 0) is 109 Å². The van der Waals surface area contributed by atoms with Crippen LogP contribution in [0, 0.1) is 0 Å². The van der Waals surface area contributed by atoms with Crippen LogP contribution >= 0.6 is 31.9 Å². The first-order valence-electron chi connectivity index (χ1n) is 17.2. The number of para-hydroxylation sites is 2. The lowest BCUT2D eigenvalue weighted by Crippen LogP contribution is -1.98. The monoisotopic (exact) mass is 752 g/mol. The number of rotatable bonds is 9. The van der Waals surface area contributed by atoms with Crippen LogP contribution in [0.1, 0.15) is 50.7 Å². The maximum Gasteiger partial charge on any atom is 0.0573 e. The zero-order valence-electron chi connectivity index (χ0n) is 27.4. The fraction of sp³-hybridized carbons (Fsp3) is 0.182. The van der Waals surface area contributed by atoms with Crippen LogP contribution in [0.4, 0.5) is 0 Å². The van der Waals surface area contributed by atoms with Crippen LogP contribution in [0.5, 0.6) is 0 Å². The van der Waals surface area contributed by atoms with Crippen LogP contribution in [-0.4, -0.2) is 9.13 Å². The van der Waals surface area contributed by atoms with Crippen molar-refractivity contribution in [1.29, 1.82) is 0 Å². The Kier molecular flexibility index (Phi) is 8.48. The van der Waals surface area contributed by atoms with Gasteiger partial charge in [0.25, 0.3) is 0 Å². The van der Waals surface area contributed by atoms with Gasteiger partial charge >= 0.3 is 0 Å². The molecule has 0 unspecified atom stereocenters. The van der Waals surface area contributed by atoms with Gasteiger partial charge in [-0.15, -0.1) is 0 Å². The van der Waals surface area contributed by atoms with Gasteiger partial charge < -0.3 is 9.13 Å². The Morgan fingerprint density at radius 3 is 1.27 bits per heavy atom. The molecule has 2 aromatic heterocycles. The first-order valence-corrected chi connectivity index (χ1v) is 18.8. The molecule has 0 saturated heterocycles. The summed E-state index contributed by atoms with van der Waals surface area (Å²) in [6, 6.07) is 45.1. The van der Waals surface area contributed by atoms with Gasteiger partial charge in [-0.2, -0.15) is 0 Å². The number of benzene rings is 6. The van der Waals surface area contributed by atoms with Crippen molar-refractivity contribution in [3.63, 3.8) is 0 Å². The second-order valence-electron chi connectivity index (χ2n) is 12.9. The van der Waals surface area contributed by atoms with E-state index in [-0.39, 0.29) is 0 Å². The molecule has 6 aromatic carbocycles. The third-order valence-electron chi connectivity index (χ3n) is 9.85. The molecule has 0 spiro atoms. The molecule has 0 aliphatic carbocycles. The van der Waals surface area contributed by atoms with Gasteiger partial charge in [0.2, 0.25) is 0 Å². The quantitative estimate of drug-likeness (QED) is 0.139. The molecule has 2 nitrogen and oxygen atoms in total. The molecule has 0 amide bonds. The van der Waals surface area contributed by atoms with Gasteiger partial charge in [0.15, 0.2) is 0 Å². The summed E-state index contributed by atoms with van der Waals surface area (Å²) in [7, 11) is 0. The van der Waals surface area contributed by atoms with E-state index in [0.29, 0.717) is 0 Å². The lowest BCUT2D eigenvalue weighted by Gasteiger charge is -2.13. The summed E-state index contributed by atoms with van der Waals surface area (Å²) < 4.78 is 7.15. The Morgan fingerprint density at radius 1 is 0.458 bits per heavy atom. The minimum atomic E-state index is 1.08. The third-order valence-corrected chi connectivity index (χ3v) is 10.8. The average molecular weight is 755 g/mol. The third kappa shape index (κ3) is 5.40. The molecule has 2 heterocycles. The van der Waals surface area contributed by atoms with Gasteiger partial charge in [-0.3, -0.25) is 0 Å². The predicted octanol–water partition coefficient (Wildman–Crippen LogP) is 13.8. The number of aryl methyl sites for hydroxylation is 2. The Morgan fingerprint density at radius 2 is 0.875 bits per heavy atom. The Bertz CT molecular complexity index is 2260. The largest absolute Gasteiger partial charge is 0.309 e. The molecular formula is C44H38Br2N2. The maximum absolute atomic E-state index is 3.72. The predicted molar refractivity (Wildman–Crippen MR) is 213 cm³/mol. The van der Waals surface area contributed by atoms with Crippen molar-refractivity contribution in [3.8, 4) is 22.5 Å². The molecule has 0 saturated carbocycles. The van der Waals surface area contributed by atoms with Gasteiger partial charge in [0.05, 0.1) is 22.1 Å². The van der Waals surface area contributed by atoms with E-state index in [1.165, 1.54) is 103 Å². The Labute approximate surface area is 299 Å². The number of fused-ring (bicyclic) bond motifs is 6. The number of halogens is 2. The normalized spacial score (nSPS) is 11.8. The van der Waals surface area contributed by atoms with Crippen molar-refractivity contribution < 1.29 is 0 Å². The molecule has 0 N–H and O–H groups in total. The molecule has 0 radical (unpaired) electrons. The topological polar surface area (TPSA) is 9.86 Å². The second-order valence-corrected chi connectivity index (χ2v) is 14.8. The van der Waals surface area contributed by atoms with E-state index in [0.717, 1.165) is 21.8 Å². The van der Waals surface area contributed by atoms with Crippen LogP contribution in [0.25, 0.3) is 66.1 Å². The fourth-order valence-electron chi connectivity index (χ4n) is 7.50. The molecular weight excluding hydrogens is 716 g/mol. The number of hydrogen-bond donors (Lipinski definition) is 0. The molecule has 0 aliphatic rings. The molecule has 48 heavy (non-hydrogen) atoms. The van der Waals surface area contributed by atoms with Gasteiger partial charge in [-0.1, -0.05) is 119 Å². The highest BCUT2D eigenvalue weighted by Crippen LogP contribution is 2.38. The molecule has 0 aliphatic heterocycles. The molecule has 8 rings (SSSR count). The van der Waals surface area contributed by atoms with Crippen LogP contribution in [0.15, 0.2) is 130 Å². The van der Waals surface area contributed by atoms with Crippen molar-refractivity contribution >= 4 is 75.5 Å². The smallest absolute Gasteiger partial charge is 0.0573 e. The molecule has 0 bridgehead atoms. The average Bonchev–Trinajstić information content (AvgIpc) is 3.63. The lowest BCUT2D eigenvalue weighted by atomic mass is 10.0. The molecule has 0 atom stereocenters. The highest BCUT2D eigenvalue weighted by atomic mass is 79.9. The minimum absolute atomic E-state index is 1.08. The summed E-state index contributed by atoms with van der Waals surface area (Å²) in [5.74, 6) is 0. The Balaban J connectivity index is 1.20. The van der Waals surface area contributed by atoms with Crippen molar-refractivity contribution in [2.45, 2.75) is 52.4 Å². The standard InChI is InChI=1S/C44H38Br2N2/c1-3-5-9-31-11-7-13-37-39-27-33(45)19-25-41(39)47(43(31)37)35-21-15-29(16-22-35)30-17-23-36(24-18-30)48-42-26-20-34(46)28-40(42)38-14-8-12-32(44(38)48)10-6-4-2/h7-8,11-28H,3-6,9-10H2,1-2H3.